The summed E-state index contributed by atoms with van der Waals surface area (Å²) in [5.74, 6) is 0.768. The minimum absolute atomic E-state index is 0.0661. The molecular weight excluding hydrogens is 404 g/mol. The number of benzene rings is 2. The number of carbonyl (C=O) groups excluding carboxylic acids is 1. The van der Waals surface area contributed by atoms with Gasteiger partial charge < -0.3 is 4.74 Å². The first-order valence-corrected chi connectivity index (χ1v) is 10.7. The Morgan fingerprint density at radius 1 is 1.10 bits per heavy atom. The average molecular weight is 423 g/mol. The van der Waals surface area contributed by atoms with Crippen molar-refractivity contribution >= 4 is 50.3 Å². The van der Waals surface area contributed by atoms with E-state index in [0.717, 1.165) is 40.2 Å². The number of hydrogen-bond donors (Lipinski definition) is 0. The molecular formula is C21H18N4O2S2. The number of hydrogen-bond acceptors (Lipinski definition) is 7. The van der Waals surface area contributed by atoms with Gasteiger partial charge in [-0.3, -0.25) is 9.69 Å². The molecule has 1 fully saturated rings. The molecule has 0 aliphatic carbocycles. The molecule has 1 aliphatic rings. The Balaban J connectivity index is 1.77. The normalized spacial score (nSPS) is 16.8. The Bertz CT molecular complexity index is 1080. The number of aromatic nitrogens is 2. The monoisotopic (exact) mass is 422 g/mol. The van der Waals surface area contributed by atoms with Gasteiger partial charge in [0, 0.05) is 5.69 Å². The quantitative estimate of drug-likeness (QED) is 0.544. The maximum Gasteiger partial charge on any atom is 0.243 e. The zero-order valence-electron chi connectivity index (χ0n) is 15.9. The molecule has 0 saturated carbocycles. The van der Waals surface area contributed by atoms with E-state index >= 15 is 0 Å². The lowest BCUT2D eigenvalue weighted by Gasteiger charge is -2.18. The molecule has 1 aliphatic heterocycles. The van der Waals surface area contributed by atoms with E-state index in [0.29, 0.717) is 16.0 Å². The molecule has 1 saturated heterocycles. The van der Waals surface area contributed by atoms with Crippen LogP contribution in [0.3, 0.4) is 0 Å². The lowest BCUT2D eigenvalue weighted by atomic mass is 10.1. The third-order valence-electron chi connectivity index (χ3n) is 4.21. The largest absolute Gasteiger partial charge is 0.497 e. The summed E-state index contributed by atoms with van der Waals surface area (Å²) in [5, 5.41) is 10.2. The van der Waals surface area contributed by atoms with Crippen molar-refractivity contribution in [3.05, 3.63) is 70.9 Å². The fourth-order valence-corrected chi connectivity index (χ4v) is 4.33. The number of aliphatic imine (C=N–C) groups is 1. The number of anilines is 1. The Labute approximate surface area is 177 Å². The second kappa shape index (κ2) is 8.59. The fraction of sp³-hybridized carbons (Fsp3) is 0.143. The number of amidine groups is 1. The van der Waals surface area contributed by atoms with E-state index in [1.165, 1.54) is 11.3 Å². The Kier molecular flexibility index (Phi) is 5.73. The van der Waals surface area contributed by atoms with Gasteiger partial charge in [0.2, 0.25) is 10.2 Å². The SMILES string of the molecule is CCc1nnc(N=C2SC(=O)/C(=C/c3ccc(OC)cc3)N2c2ccccc2)s1. The Morgan fingerprint density at radius 2 is 1.86 bits per heavy atom. The molecule has 29 heavy (non-hydrogen) atoms. The van der Waals surface area contributed by atoms with Crippen LogP contribution in [0.25, 0.3) is 6.08 Å². The predicted octanol–water partition coefficient (Wildman–Crippen LogP) is 4.92. The highest BCUT2D eigenvalue weighted by atomic mass is 32.2. The maximum absolute atomic E-state index is 12.9. The van der Waals surface area contributed by atoms with Gasteiger partial charge in [-0.1, -0.05) is 48.6 Å². The van der Waals surface area contributed by atoms with Gasteiger partial charge in [-0.15, -0.1) is 10.2 Å². The van der Waals surface area contributed by atoms with Crippen molar-refractivity contribution in [2.24, 2.45) is 4.99 Å². The zero-order chi connectivity index (χ0) is 20.2. The number of aryl methyl sites for hydroxylation is 1. The van der Waals surface area contributed by atoms with E-state index in [1.54, 1.807) is 7.11 Å². The van der Waals surface area contributed by atoms with E-state index in [9.17, 15) is 4.79 Å². The van der Waals surface area contributed by atoms with E-state index < -0.39 is 0 Å². The number of rotatable bonds is 5. The maximum atomic E-state index is 12.9. The first-order chi connectivity index (χ1) is 14.2. The van der Waals surface area contributed by atoms with Crippen LogP contribution in [0.15, 0.2) is 65.3 Å². The second-order valence-electron chi connectivity index (χ2n) is 6.09. The van der Waals surface area contributed by atoms with Crippen molar-refractivity contribution in [2.75, 3.05) is 12.0 Å². The highest BCUT2D eigenvalue weighted by molar-refractivity contribution is 8.27. The molecule has 8 heteroatoms. The average Bonchev–Trinajstić information content (AvgIpc) is 3.33. The van der Waals surface area contributed by atoms with Gasteiger partial charge >= 0.3 is 0 Å². The zero-order valence-corrected chi connectivity index (χ0v) is 17.5. The summed E-state index contributed by atoms with van der Waals surface area (Å²) in [4.78, 5) is 19.4. The van der Waals surface area contributed by atoms with Gasteiger partial charge in [0.1, 0.15) is 16.5 Å². The molecule has 3 aromatic rings. The minimum atomic E-state index is -0.0661. The van der Waals surface area contributed by atoms with Crippen molar-refractivity contribution in [3.63, 3.8) is 0 Å². The van der Waals surface area contributed by atoms with Crippen LogP contribution >= 0.6 is 23.1 Å². The smallest absolute Gasteiger partial charge is 0.243 e. The van der Waals surface area contributed by atoms with Crippen LogP contribution in [-0.4, -0.2) is 27.6 Å². The topological polar surface area (TPSA) is 67.7 Å². The van der Waals surface area contributed by atoms with Crippen LogP contribution < -0.4 is 9.64 Å². The van der Waals surface area contributed by atoms with Crippen LogP contribution in [0.4, 0.5) is 10.8 Å². The molecule has 2 heterocycles. The third kappa shape index (κ3) is 4.23. The summed E-state index contributed by atoms with van der Waals surface area (Å²) >= 11 is 2.53. The second-order valence-corrected chi connectivity index (χ2v) is 8.07. The molecule has 0 N–H and O–H groups in total. The van der Waals surface area contributed by atoms with Gasteiger partial charge in [0.15, 0.2) is 5.17 Å². The Hall–Kier alpha value is -2.97. The summed E-state index contributed by atoms with van der Waals surface area (Å²) in [6.07, 6.45) is 2.67. The molecule has 146 valence electrons. The summed E-state index contributed by atoms with van der Waals surface area (Å²) in [6.45, 7) is 2.03. The highest BCUT2D eigenvalue weighted by Crippen LogP contribution is 2.37. The molecule has 1 aromatic heterocycles. The molecule has 0 radical (unpaired) electrons. The predicted molar refractivity (Wildman–Crippen MR) is 119 cm³/mol. The molecule has 2 aromatic carbocycles. The van der Waals surface area contributed by atoms with Gasteiger partial charge in [0.25, 0.3) is 0 Å². The third-order valence-corrected chi connectivity index (χ3v) is 6.02. The number of carbonyl (C=O) groups is 1. The van der Waals surface area contributed by atoms with Crippen molar-refractivity contribution in [1.82, 2.24) is 10.2 Å². The number of methoxy groups -OCH3 is 1. The lowest BCUT2D eigenvalue weighted by molar-refractivity contribution is -0.107. The van der Waals surface area contributed by atoms with Crippen LogP contribution in [0.1, 0.15) is 17.5 Å². The van der Waals surface area contributed by atoms with Crippen LogP contribution in [0.2, 0.25) is 0 Å². The van der Waals surface area contributed by atoms with Crippen LogP contribution in [0, 0.1) is 0 Å². The van der Waals surface area contributed by atoms with Crippen molar-refractivity contribution in [1.29, 1.82) is 0 Å². The molecule has 0 spiro atoms. The fourth-order valence-electron chi connectivity index (χ4n) is 2.77. The van der Waals surface area contributed by atoms with E-state index in [-0.39, 0.29) is 5.12 Å². The Morgan fingerprint density at radius 3 is 2.52 bits per heavy atom. The molecule has 0 bridgehead atoms. The van der Waals surface area contributed by atoms with Crippen molar-refractivity contribution in [3.8, 4) is 5.75 Å². The highest BCUT2D eigenvalue weighted by Gasteiger charge is 2.34. The lowest BCUT2D eigenvalue weighted by Crippen LogP contribution is -2.22. The van der Waals surface area contributed by atoms with Gasteiger partial charge in [0.05, 0.1) is 7.11 Å². The van der Waals surface area contributed by atoms with E-state index in [2.05, 4.69) is 15.2 Å². The molecule has 6 nitrogen and oxygen atoms in total. The molecule has 0 unspecified atom stereocenters. The van der Waals surface area contributed by atoms with E-state index in [4.69, 9.17) is 4.74 Å². The summed E-state index contributed by atoms with van der Waals surface area (Å²) in [6, 6.07) is 17.3. The minimum Gasteiger partial charge on any atom is -0.497 e. The van der Waals surface area contributed by atoms with Crippen molar-refractivity contribution < 1.29 is 9.53 Å². The number of thioether (sulfide) groups is 1. The van der Waals surface area contributed by atoms with Gasteiger partial charge in [-0.25, -0.2) is 0 Å². The summed E-state index contributed by atoms with van der Waals surface area (Å²) in [7, 11) is 1.63. The number of para-hydroxylation sites is 1. The van der Waals surface area contributed by atoms with Crippen LogP contribution in [-0.2, 0) is 11.2 Å². The molecule has 4 rings (SSSR count). The number of nitrogens with zero attached hydrogens (tertiary/aromatic N) is 4. The van der Waals surface area contributed by atoms with Crippen molar-refractivity contribution in [2.45, 2.75) is 13.3 Å². The summed E-state index contributed by atoms with van der Waals surface area (Å²) in [5.41, 5.74) is 2.32. The van der Waals surface area contributed by atoms with Crippen LogP contribution in [0.5, 0.6) is 5.75 Å². The standard InChI is InChI=1S/C21H18N4O2S2/c1-3-18-23-24-20(28-18)22-21-25(15-7-5-4-6-8-15)17(19(26)29-21)13-14-9-11-16(27-2)12-10-14/h4-13H,3H2,1-2H3/b17-13-,22-21?. The summed E-state index contributed by atoms with van der Waals surface area (Å²) < 4.78 is 5.21. The molecule has 0 atom stereocenters. The van der Waals surface area contributed by atoms with E-state index in [1.807, 2.05) is 72.5 Å². The number of ether oxygens (including phenoxy) is 1. The molecule has 0 amide bonds. The first-order valence-electron chi connectivity index (χ1n) is 9.02. The van der Waals surface area contributed by atoms with Gasteiger partial charge in [-0.05, 0) is 54.1 Å². The first kappa shape index (κ1) is 19.4. The van der Waals surface area contributed by atoms with Gasteiger partial charge in [-0.2, -0.15) is 4.99 Å².